The van der Waals surface area contributed by atoms with E-state index in [9.17, 15) is 14.0 Å². The quantitative estimate of drug-likeness (QED) is 0.865. The number of urea groups is 1. The molecule has 152 valence electrons. The molecule has 0 unspecified atom stereocenters. The molecular formula is C22H24FN3O3. The van der Waals surface area contributed by atoms with Crippen molar-refractivity contribution in [1.29, 1.82) is 0 Å². The molecule has 0 aliphatic carbocycles. The molecule has 6 nitrogen and oxygen atoms in total. The van der Waals surface area contributed by atoms with E-state index in [0.717, 1.165) is 11.4 Å². The average molecular weight is 397 g/mol. The van der Waals surface area contributed by atoms with Gasteiger partial charge in [0.15, 0.2) is 0 Å². The monoisotopic (exact) mass is 397 g/mol. The molecule has 0 atom stereocenters. The number of nitrogens with zero attached hydrogens (tertiary/aromatic N) is 2. The number of rotatable bonds is 3. The molecule has 0 spiro atoms. The van der Waals surface area contributed by atoms with Crippen LogP contribution in [0.25, 0.3) is 0 Å². The molecule has 1 N–H and O–H groups in total. The normalized spacial score (nSPS) is 16.7. The number of halogens is 1. The number of piperidine rings is 1. The van der Waals surface area contributed by atoms with E-state index in [-0.39, 0.29) is 30.2 Å². The van der Waals surface area contributed by atoms with Gasteiger partial charge in [0, 0.05) is 31.1 Å². The second-order valence-corrected chi connectivity index (χ2v) is 7.32. The zero-order chi connectivity index (χ0) is 20.2. The number of para-hydroxylation sites is 2. The number of nitrogens with one attached hydrogen (secondary N) is 1. The number of ether oxygens (including phenoxy) is 1. The van der Waals surface area contributed by atoms with Crippen molar-refractivity contribution < 1.29 is 18.7 Å². The molecule has 0 aromatic heterocycles. The highest BCUT2D eigenvalue weighted by Gasteiger charge is 2.32. The molecule has 2 aromatic rings. The summed E-state index contributed by atoms with van der Waals surface area (Å²) in [5, 5.41) is 2.82. The van der Waals surface area contributed by atoms with Crippen molar-refractivity contribution in [2.24, 2.45) is 5.92 Å². The number of fused-ring (bicyclic) bond motifs is 1. The van der Waals surface area contributed by atoms with Crippen LogP contribution < -0.4 is 15.0 Å². The lowest BCUT2D eigenvalue weighted by molar-refractivity contribution is -0.126. The molecule has 7 heteroatoms. The fraction of sp³-hybridized carbons (Fsp3) is 0.364. The first-order valence-electron chi connectivity index (χ1n) is 9.93. The van der Waals surface area contributed by atoms with Crippen molar-refractivity contribution in [3.8, 4) is 5.75 Å². The van der Waals surface area contributed by atoms with Crippen molar-refractivity contribution in [3.63, 3.8) is 0 Å². The molecule has 2 aliphatic rings. The highest BCUT2D eigenvalue weighted by Crippen LogP contribution is 2.32. The van der Waals surface area contributed by atoms with E-state index in [1.165, 1.54) is 6.07 Å². The highest BCUT2D eigenvalue weighted by atomic mass is 19.1. The third-order valence-corrected chi connectivity index (χ3v) is 5.51. The summed E-state index contributed by atoms with van der Waals surface area (Å²) < 4.78 is 19.3. The largest absolute Gasteiger partial charge is 0.490 e. The van der Waals surface area contributed by atoms with Gasteiger partial charge in [0.1, 0.15) is 18.2 Å². The van der Waals surface area contributed by atoms with Crippen LogP contribution in [0.4, 0.5) is 14.9 Å². The lowest BCUT2D eigenvalue weighted by Gasteiger charge is -2.37. The molecule has 2 aromatic carbocycles. The van der Waals surface area contributed by atoms with E-state index in [2.05, 4.69) is 5.32 Å². The number of hydrogen-bond donors (Lipinski definition) is 1. The number of likely N-dealkylation sites (tertiary alicyclic amines) is 1. The Labute approximate surface area is 169 Å². The Balaban J connectivity index is 1.31. The lowest BCUT2D eigenvalue weighted by Crippen LogP contribution is -2.50. The van der Waals surface area contributed by atoms with Gasteiger partial charge < -0.3 is 15.0 Å². The van der Waals surface area contributed by atoms with Gasteiger partial charge in [-0.05, 0) is 31.0 Å². The first-order valence-corrected chi connectivity index (χ1v) is 9.93. The molecule has 1 fully saturated rings. The Morgan fingerprint density at radius 3 is 2.55 bits per heavy atom. The average Bonchev–Trinajstić information content (AvgIpc) is 2.77. The van der Waals surface area contributed by atoms with Gasteiger partial charge in [-0.2, -0.15) is 0 Å². The minimum atomic E-state index is -0.320. The minimum Gasteiger partial charge on any atom is -0.490 e. The molecule has 4 rings (SSSR count). The Kier molecular flexibility index (Phi) is 5.64. The Bertz CT molecular complexity index is 896. The zero-order valence-corrected chi connectivity index (χ0v) is 16.1. The van der Waals surface area contributed by atoms with Gasteiger partial charge in [-0.3, -0.25) is 9.69 Å². The summed E-state index contributed by atoms with van der Waals surface area (Å²) in [4.78, 5) is 29.0. The smallest absolute Gasteiger partial charge is 0.324 e. The topological polar surface area (TPSA) is 61.9 Å². The van der Waals surface area contributed by atoms with Gasteiger partial charge in [0.2, 0.25) is 5.91 Å². The van der Waals surface area contributed by atoms with Crippen molar-refractivity contribution in [3.05, 3.63) is 59.9 Å². The van der Waals surface area contributed by atoms with Crippen LogP contribution in [0.2, 0.25) is 0 Å². The summed E-state index contributed by atoms with van der Waals surface area (Å²) in [5.74, 6) is 0.147. The van der Waals surface area contributed by atoms with E-state index >= 15 is 0 Å². The fourth-order valence-electron chi connectivity index (χ4n) is 3.84. The zero-order valence-electron chi connectivity index (χ0n) is 16.1. The number of anilines is 1. The van der Waals surface area contributed by atoms with Crippen LogP contribution in [0.5, 0.6) is 5.75 Å². The second-order valence-electron chi connectivity index (χ2n) is 7.32. The van der Waals surface area contributed by atoms with E-state index < -0.39 is 0 Å². The Hall–Kier alpha value is -3.09. The summed E-state index contributed by atoms with van der Waals surface area (Å²) in [6, 6.07) is 13.9. The summed E-state index contributed by atoms with van der Waals surface area (Å²) in [7, 11) is 0. The maximum atomic E-state index is 13.7. The molecule has 2 heterocycles. The number of carbonyl (C=O) groups is 2. The van der Waals surface area contributed by atoms with E-state index in [1.54, 1.807) is 28.0 Å². The van der Waals surface area contributed by atoms with Gasteiger partial charge in [0.25, 0.3) is 0 Å². The summed E-state index contributed by atoms with van der Waals surface area (Å²) in [5.41, 5.74) is 1.26. The standard InChI is InChI=1S/C22H24FN3O3/c23-18-6-2-1-5-17(18)15-24-21(27)16-9-11-25(12-10-16)22(28)26-13-14-29-20-8-4-3-7-19(20)26/h1-8,16H,9-15H2,(H,24,27). The van der Waals surface area contributed by atoms with Crippen LogP contribution in [0, 0.1) is 11.7 Å². The predicted octanol–water partition coefficient (Wildman–Crippen LogP) is 3.17. The van der Waals surface area contributed by atoms with Crippen LogP contribution in [0.1, 0.15) is 18.4 Å². The molecule has 0 bridgehead atoms. The van der Waals surface area contributed by atoms with Crippen molar-refractivity contribution in [2.75, 3.05) is 31.1 Å². The van der Waals surface area contributed by atoms with Crippen molar-refractivity contribution >= 4 is 17.6 Å². The molecule has 29 heavy (non-hydrogen) atoms. The second kappa shape index (κ2) is 8.51. The Morgan fingerprint density at radius 2 is 1.76 bits per heavy atom. The maximum absolute atomic E-state index is 13.7. The minimum absolute atomic E-state index is 0.0500. The third kappa shape index (κ3) is 4.18. The van der Waals surface area contributed by atoms with Gasteiger partial charge >= 0.3 is 6.03 Å². The number of benzene rings is 2. The highest BCUT2D eigenvalue weighted by molar-refractivity contribution is 5.94. The Morgan fingerprint density at radius 1 is 1.03 bits per heavy atom. The van der Waals surface area contributed by atoms with Gasteiger partial charge in [-0.1, -0.05) is 30.3 Å². The summed E-state index contributed by atoms with van der Waals surface area (Å²) in [6.07, 6.45) is 1.20. The van der Waals surface area contributed by atoms with Crippen LogP contribution in [-0.2, 0) is 11.3 Å². The van der Waals surface area contributed by atoms with Crippen molar-refractivity contribution in [2.45, 2.75) is 19.4 Å². The molecule has 1 saturated heterocycles. The molecule has 0 saturated carbocycles. The van der Waals surface area contributed by atoms with Crippen LogP contribution in [-0.4, -0.2) is 43.1 Å². The lowest BCUT2D eigenvalue weighted by atomic mass is 9.96. The first kappa shape index (κ1) is 19.2. The van der Waals surface area contributed by atoms with E-state index in [4.69, 9.17) is 4.74 Å². The third-order valence-electron chi connectivity index (χ3n) is 5.51. The first-order chi connectivity index (χ1) is 14.1. The molecule has 3 amide bonds. The van der Waals surface area contributed by atoms with Gasteiger partial charge in [-0.25, -0.2) is 9.18 Å². The molecular weight excluding hydrogens is 373 g/mol. The van der Waals surface area contributed by atoms with Crippen LogP contribution >= 0.6 is 0 Å². The SMILES string of the molecule is O=C(NCc1ccccc1F)C1CCN(C(=O)N2CCOc3ccccc32)CC1. The maximum Gasteiger partial charge on any atom is 0.324 e. The van der Waals surface area contributed by atoms with Crippen molar-refractivity contribution in [1.82, 2.24) is 10.2 Å². The van der Waals surface area contributed by atoms with E-state index in [0.29, 0.717) is 44.6 Å². The molecule has 0 radical (unpaired) electrons. The molecule has 2 aliphatic heterocycles. The van der Waals surface area contributed by atoms with Crippen LogP contribution in [0.15, 0.2) is 48.5 Å². The number of amides is 3. The van der Waals surface area contributed by atoms with Gasteiger partial charge in [0.05, 0.1) is 12.2 Å². The van der Waals surface area contributed by atoms with E-state index in [1.807, 2.05) is 24.3 Å². The number of carbonyl (C=O) groups excluding carboxylic acids is 2. The van der Waals surface area contributed by atoms with Crippen LogP contribution in [0.3, 0.4) is 0 Å². The summed E-state index contributed by atoms with van der Waals surface area (Å²) >= 11 is 0. The fourth-order valence-corrected chi connectivity index (χ4v) is 3.84. The summed E-state index contributed by atoms with van der Waals surface area (Å²) in [6.45, 7) is 2.21. The number of hydrogen-bond acceptors (Lipinski definition) is 3. The predicted molar refractivity (Wildman–Crippen MR) is 107 cm³/mol. The van der Waals surface area contributed by atoms with Gasteiger partial charge in [-0.15, -0.1) is 0 Å².